The summed E-state index contributed by atoms with van der Waals surface area (Å²) in [6.07, 6.45) is 1.54. The number of nitrogens with two attached hydrogens (primary N) is 1. The minimum absolute atomic E-state index is 0.0663. The molecule has 110 valence electrons. The van der Waals surface area contributed by atoms with Gasteiger partial charge in [-0.1, -0.05) is 17.8 Å². The van der Waals surface area contributed by atoms with Crippen molar-refractivity contribution in [3.05, 3.63) is 34.3 Å². The summed E-state index contributed by atoms with van der Waals surface area (Å²) < 4.78 is 3.79. The van der Waals surface area contributed by atoms with Crippen LogP contribution < -0.4 is 11.1 Å². The first kappa shape index (κ1) is 14.9. The minimum atomic E-state index is -1.07. The summed E-state index contributed by atoms with van der Waals surface area (Å²) in [4.78, 5) is 23.5. The van der Waals surface area contributed by atoms with Gasteiger partial charge in [-0.2, -0.15) is 0 Å². The largest absolute Gasteiger partial charge is 0.478 e. The predicted octanol–water partition coefficient (Wildman–Crippen LogP) is 2.02. The van der Waals surface area contributed by atoms with Gasteiger partial charge in [-0.3, -0.25) is 4.79 Å². The van der Waals surface area contributed by atoms with Crippen molar-refractivity contribution < 1.29 is 14.7 Å². The highest BCUT2D eigenvalue weighted by atomic mass is 32.1. The summed E-state index contributed by atoms with van der Waals surface area (Å²) in [5, 5.41) is 15.4. The zero-order valence-corrected chi connectivity index (χ0v) is 12.1. The second kappa shape index (κ2) is 6.31. The van der Waals surface area contributed by atoms with Gasteiger partial charge in [0, 0.05) is 0 Å². The molecule has 0 spiro atoms. The van der Waals surface area contributed by atoms with Crippen LogP contribution >= 0.6 is 11.5 Å². The molecule has 4 N–H and O–H groups in total. The molecule has 1 amide bonds. The summed E-state index contributed by atoms with van der Waals surface area (Å²) in [6.45, 7) is 1.99. The van der Waals surface area contributed by atoms with Crippen molar-refractivity contribution in [1.29, 1.82) is 0 Å². The quantitative estimate of drug-likeness (QED) is 0.727. The van der Waals surface area contributed by atoms with Crippen LogP contribution in [0.2, 0.25) is 0 Å². The van der Waals surface area contributed by atoms with Gasteiger partial charge in [-0.15, -0.1) is 5.10 Å². The fourth-order valence-corrected chi connectivity index (χ4v) is 2.37. The van der Waals surface area contributed by atoms with Gasteiger partial charge in [0.15, 0.2) is 0 Å². The summed E-state index contributed by atoms with van der Waals surface area (Å²) >= 11 is 1.02. The van der Waals surface area contributed by atoms with Gasteiger partial charge in [0.1, 0.15) is 4.88 Å². The molecular formula is C13H14N4O3S. The van der Waals surface area contributed by atoms with Crippen molar-refractivity contribution in [2.24, 2.45) is 0 Å². The highest BCUT2D eigenvalue weighted by molar-refractivity contribution is 7.08. The molecule has 0 aliphatic rings. The lowest BCUT2D eigenvalue weighted by molar-refractivity contribution is 0.0697. The van der Waals surface area contributed by atoms with Crippen molar-refractivity contribution in [2.75, 3.05) is 11.1 Å². The van der Waals surface area contributed by atoms with E-state index in [0.717, 1.165) is 18.0 Å². The topological polar surface area (TPSA) is 118 Å². The molecule has 0 saturated heterocycles. The molecule has 0 bridgehead atoms. The number of carbonyl (C=O) groups is 2. The Labute approximate surface area is 125 Å². The zero-order chi connectivity index (χ0) is 15.4. The molecule has 0 atom stereocenters. The van der Waals surface area contributed by atoms with Crippen molar-refractivity contribution in [3.63, 3.8) is 0 Å². The fraction of sp³-hybridized carbons (Fsp3) is 0.231. The van der Waals surface area contributed by atoms with E-state index in [1.165, 1.54) is 18.2 Å². The highest BCUT2D eigenvalue weighted by Crippen LogP contribution is 2.22. The van der Waals surface area contributed by atoms with Crippen LogP contribution in [0.1, 0.15) is 39.1 Å². The lowest BCUT2D eigenvalue weighted by atomic mass is 10.1. The number of aromatic carboxylic acids is 1. The number of benzene rings is 1. The molecule has 0 aliphatic carbocycles. The third-order valence-corrected chi connectivity index (χ3v) is 3.56. The minimum Gasteiger partial charge on any atom is -0.478 e. The number of carboxylic acids is 1. The summed E-state index contributed by atoms with van der Waals surface area (Å²) in [5.41, 5.74) is 7.03. The van der Waals surface area contributed by atoms with E-state index < -0.39 is 5.97 Å². The fourth-order valence-electron chi connectivity index (χ4n) is 1.77. The van der Waals surface area contributed by atoms with Crippen molar-refractivity contribution >= 4 is 34.8 Å². The molecule has 21 heavy (non-hydrogen) atoms. The van der Waals surface area contributed by atoms with E-state index >= 15 is 0 Å². The standard InChI is InChI=1S/C13H14N4O3S/c1-2-3-10-11(21-17-16-10)12(18)15-9-5-4-7(13(19)20)6-8(9)14/h4-6H,2-3,14H2,1H3,(H,15,18)(H,19,20). The lowest BCUT2D eigenvalue weighted by Crippen LogP contribution is -2.14. The molecule has 0 unspecified atom stereocenters. The predicted molar refractivity (Wildman–Crippen MR) is 79.7 cm³/mol. The van der Waals surface area contributed by atoms with Crippen LogP contribution in [0.5, 0.6) is 0 Å². The smallest absolute Gasteiger partial charge is 0.335 e. The monoisotopic (exact) mass is 306 g/mol. The van der Waals surface area contributed by atoms with E-state index in [-0.39, 0.29) is 17.2 Å². The van der Waals surface area contributed by atoms with Gasteiger partial charge >= 0.3 is 5.97 Å². The molecule has 0 aliphatic heterocycles. The Morgan fingerprint density at radius 1 is 1.43 bits per heavy atom. The number of carbonyl (C=O) groups excluding carboxylic acids is 1. The number of nitrogens with zero attached hydrogens (tertiary/aromatic N) is 2. The van der Waals surface area contributed by atoms with Crippen molar-refractivity contribution in [3.8, 4) is 0 Å². The van der Waals surface area contributed by atoms with Crippen molar-refractivity contribution in [1.82, 2.24) is 9.59 Å². The first-order valence-corrected chi connectivity index (χ1v) is 7.05. The maximum Gasteiger partial charge on any atom is 0.335 e. The Kier molecular flexibility index (Phi) is 4.49. The molecular weight excluding hydrogens is 292 g/mol. The van der Waals surface area contributed by atoms with E-state index in [1.54, 1.807) is 0 Å². The molecule has 0 saturated carbocycles. The van der Waals surface area contributed by atoms with Crippen LogP contribution in [-0.4, -0.2) is 26.6 Å². The Morgan fingerprint density at radius 3 is 2.81 bits per heavy atom. The maximum atomic E-state index is 12.2. The second-order valence-corrected chi connectivity index (χ2v) is 5.11. The number of hydrogen-bond acceptors (Lipinski definition) is 6. The highest BCUT2D eigenvalue weighted by Gasteiger charge is 2.17. The number of hydrogen-bond donors (Lipinski definition) is 3. The van der Waals surface area contributed by atoms with Gasteiger partial charge in [-0.25, -0.2) is 4.79 Å². The first-order chi connectivity index (χ1) is 10.0. The van der Waals surface area contributed by atoms with Gasteiger partial charge in [0.2, 0.25) is 0 Å². The van der Waals surface area contributed by atoms with Crippen LogP contribution in [-0.2, 0) is 6.42 Å². The van der Waals surface area contributed by atoms with E-state index in [0.29, 0.717) is 22.7 Å². The SMILES string of the molecule is CCCc1nnsc1C(=O)Nc1ccc(C(=O)O)cc1N. The molecule has 7 nitrogen and oxygen atoms in total. The summed E-state index contributed by atoms with van der Waals surface area (Å²) in [7, 11) is 0. The van der Waals surface area contributed by atoms with Gasteiger partial charge in [0.05, 0.1) is 22.6 Å². The maximum absolute atomic E-state index is 12.2. The summed E-state index contributed by atoms with van der Waals surface area (Å²) in [5.74, 6) is -1.42. The molecule has 0 radical (unpaired) electrons. The molecule has 2 rings (SSSR count). The van der Waals surface area contributed by atoms with Gasteiger partial charge < -0.3 is 16.2 Å². The van der Waals surface area contributed by atoms with Crippen LogP contribution in [0.15, 0.2) is 18.2 Å². The third-order valence-electron chi connectivity index (χ3n) is 2.80. The van der Waals surface area contributed by atoms with E-state index in [4.69, 9.17) is 10.8 Å². The summed E-state index contributed by atoms with van der Waals surface area (Å²) in [6, 6.07) is 4.15. The molecule has 1 aromatic heterocycles. The van der Waals surface area contributed by atoms with E-state index in [1.807, 2.05) is 6.92 Å². The van der Waals surface area contributed by atoms with Gasteiger partial charge in [0.25, 0.3) is 5.91 Å². The van der Waals surface area contributed by atoms with Crippen LogP contribution in [0.3, 0.4) is 0 Å². The number of carboxylic acid groups (broad SMARTS) is 1. The number of amides is 1. The lowest BCUT2D eigenvalue weighted by Gasteiger charge is -2.08. The normalized spacial score (nSPS) is 10.3. The third kappa shape index (κ3) is 3.34. The number of nitrogens with one attached hydrogen (secondary N) is 1. The average molecular weight is 306 g/mol. The Balaban J connectivity index is 2.19. The molecule has 2 aromatic rings. The average Bonchev–Trinajstić information content (AvgIpc) is 2.89. The van der Waals surface area contributed by atoms with E-state index in [9.17, 15) is 9.59 Å². The second-order valence-electron chi connectivity index (χ2n) is 4.36. The number of aromatic nitrogens is 2. The Morgan fingerprint density at radius 2 is 2.19 bits per heavy atom. The number of anilines is 2. The van der Waals surface area contributed by atoms with Crippen LogP contribution in [0.25, 0.3) is 0 Å². The van der Waals surface area contributed by atoms with Crippen LogP contribution in [0, 0.1) is 0 Å². The zero-order valence-electron chi connectivity index (χ0n) is 11.3. The molecule has 0 fully saturated rings. The van der Waals surface area contributed by atoms with Gasteiger partial charge in [-0.05, 0) is 36.2 Å². The molecule has 8 heteroatoms. The first-order valence-electron chi connectivity index (χ1n) is 6.28. The molecule has 1 heterocycles. The number of rotatable bonds is 5. The Bertz CT molecular complexity index is 684. The Hall–Kier alpha value is -2.48. The number of aryl methyl sites for hydroxylation is 1. The number of nitrogen functional groups attached to an aromatic ring is 1. The van der Waals surface area contributed by atoms with Crippen molar-refractivity contribution in [2.45, 2.75) is 19.8 Å². The molecule has 1 aromatic carbocycles. The van der Waals surface area contributed by atoms with E-state index in [2.05, 4.69) is 14.9 Å². The van der Waals surface area contributed by atoms with Crippen LogP contribution in [0.4, 0.5) is 11.4 Å².